The Balaban J connectivity index is 2.06. The molecule has 0 fully saturated rings. The molecule has 0 radical (unpaired) electrons. The highest BCUT2D eigenvalue weighted by atomic mass is 32.1. The Morgan fingerprint density at radius 3 is 2.48 bits per heavy atom. The number of halogens is 2. The van der Waals surface area contributed by atoms with Crippen LogP contribution in [0.1, 0.15) is 37.1 Å². The molecule has 2 aromatic carbocycles. The van der Waals surface area contributed by atoms with Gasteiger partial charge in [0.2, 0.25) is 0 Å². The highest BCUT2D eigenvalue weighted by Crippen LogP contribution is 2.60. The first-order valence-electron chi connectivity index (χ1n) is 8.72. The summed E-state index contributed by atoms with van der Waals surface area (Å²) >= 11 is 1.39. The largest absolute Gasteiger partial charge is 0.336 e. The molecule has 0 saturated carbocycles. The van der Waals surface area contributed by atoms with Crippen molar-refractivity contribution in [2.45, 2.75) is 38.5 Å². The van der Waals surface area contributed by atoms with Crippen molar-refractivity contribution in [1.29, 1.82) is 0 Å². The minimum Gasteiger partial charge on any atom is -0.324 e. The Morgan fingerprint density at radius 1 is 1.15 bits per heavy atom. The maximum atomic E-state index is 13.8. The van der Waals surface area contributed by atoms with Crippen LogP contribution in [0.3, 0.4) is 0 Å². The van der Waals surface area contributed by atoms with Crippen molar-refractivity contribution < 1.29 is 22.8 Å². The normalized spacial score (nSPS) is 16.2. The second-order valence-corrected chi connectivity index (χ2v) is 9.44. The first-order valence-corrected chi connectivity index (χ1v) is 11.2. The lowest BCUT2D eigenvalue weighted by Crippen LogP contribution is -2.11. The van der Waals surface area contributed by atoms with Gasteiger partial charge in [0.05, 0.1) is 11.8 Å². The average Bonchev–Trinajstić information content (AvgIpc) is 3.03. The van der Waals surface area contributed by atoms with Crippen molar-refractivity contribution >= 4 is 29.0 Å². The van der Waals surface area contributed by atoms with Gasteiger partial charge in [-0.2, -0.15) is 0 Å². The van der Waals surface area contributed by atoms with E-state index in [1.165, 1.54) is 35.6 Å². The summed E-state index contributed by atoms with van der Waals surface area (Å²) in [6.07, 6.45) is 0.387. The maximum absolute atomic E-state index is 13.8. The molecule has 0 bridgehead atoms. The van der Waals surface area contributed by atoms with E-state index in [1.54, 1.807) is 30.5 Å². The lowest BCUT2D eigenvalue weighted by Gasteiger charge is -2.25. The number of benzene rings is 2. The number of rotatable bonds is 7. The molecule has 144 valence electrons. The molecule has 3 aromatic rings. The standard InChI is InChI=1S/C20H21F2O3PS/c1-3-13(2)25-26(23,24)19(10-14-4-6-15(21)7-5-14)18-12-27-20-9-8-16(22)11-17(18)20/h4-9,11-13,19H,3,10H2,1-2H3,(H,23,24). The van der Waals surface area contributed by atoms with Crippen LogP contribution in [0.2, 0.25) is 0 Å². The summed E-state index contributed by atoms with van der Waals surface area (Å²) in [6.45, 7) is 3.61. The molecule has 7 heteroatoms. The zero-order valence-electron chi connectivity index (χ0n) is 15.1. The Hall–Kier alpha value is -1.59. The van der Waals surface area contributed by atoms with Crippen LogP contribution in [0.4, 0.5) is 8.78 Å². The predicted molar refractivity (Wildman–Crippen MR) is 105 cm³/mol. The van der Waals surface area contributed by atoms with Gasteiger partial charge in [-0.25, -0.2) is 8.78 Å². The monoisotopic (exact) mass is 410 g/mol. The van der Waals surface area contributed by atoms with Crippen molar-refractivity contribution in [2.75, 3.05) is 0 Å². The van der Waals surface area contributed by atoms with Gasteiger partial charge in [0, 0.05) is 4.70 Å². The lowest BCUT2D eigenvalue weighted by atomic mass is 10.0. The molecule has 1 heterocycles. The van der Waals surface area contributed by atoms with Crippen molar-refractivity contribution in [2.24, 2.45) is 0 Å². The van der Waals surface area contributed by atoms with Crippen LogP contribution in [0, 0.1) is 11.6 Å². The fraction of sp³-hybridized carbons (Fsp3) is 0.300. The summed E-state index contributed by atoms with van der Waals surface area (Å²) in [5.41, 5.74) is 0.416. The van der Waals surface area contributed by atoms with E-state index in [2.05, 4.69) is 0 Å². The number of fused-ring (bicyclic) bond motifs is 1. The number of hydrogen-bond donors (Lipinski definition) is 1. The van der Waals surface area contributed by atoms with Crippen LogP contribution in [0.5, 0.6) is 0 Å². The summed E-state index contributed by atoms with van der Waals surface area (Å²) < 4.78 is 46.5. The molecule has 0 saturated heterocycles. The molecule has 3 unspecified atom stereocenters. The van der Waals surface area contributed by atoms with Crippen LogP contribution in [0.15, 0.2) is 47.8 Å². The predicted octanol–water partition coefficient (Wildman–Crippen LogP) is 6.46. The van der Waals surface area contributed by atoms with E-state index in [-0.39, 0.29) is 12.2 Å². The van der Waals surface area contributed by atoms with E-state index in [4.69, 9.17) is 4.52 Å². The van der Waals surface area contributed by atoms with Gasteiger partial charge in [-0.3, -0.25) is 4.57 Å². The van der Waals surface area contributed by atoms with Gasteiger partial charge >= 0.3 is 7.60 Å². The fourth-order valence-electron chi connectivity index (χ4n) is 2.93. The molecule has 1 aromatic heterocycles. The topological polar surface area (TPSA) is 46.5 Å². The van der Waals surface area contributed by atoms with E-state index in [1.807, 2.05) is 6.92 Å². The van der Waals surface area contributed by atoms with Gasteiger partial charge in [-0.15, -0.1) is 11.3 Å². The lowest BCUT2D eigenvalue weighted by molar-refractivity contribution is 0.179. The van der Waals surface area contributed by atoms with Crippen LogP contribution in [-0.2, 0) is 15.5 Å². The number of hydrogen-bond acceptors (Lipinski definition) is 3. The van der Waals surface area contributed by atoms with E-state index < -0.39 is 25.2 Å². The molecule has 0 aliphatic carbocycles. The minimum absolute atomic E-state index is 0.187. The smallest absolute Gasteiger partial charge is 0.324 e. The highest BCUT2D eigenvalue weighted by molar-refractivity contribution is 7.53. The van der Waals surface area contributed by atoms with Gasteiger partial charge in [0.15, 0.2) is 0 Å². The fourth-order valence-corrected chi connectivity index (χ4v) is 5.84. The average molecular weight is 410 g/mol. The zero-order valence-corrected chi connectivity index (χ0v) is 16.8. The maximum Gasteiger partial charge on any atom is 0.336 e. The van der Waals surface area contributed by atoms with Gasteiger partial charge < -0.3 is 9.42 Å². The minimum atomic E-state index is -4.07. The van der Waals surface area contributed by atoms with Crippen molar-refractivity contribution in [1.82, 2.24) is 0 Å². The van der Waals surface area contributed by atoms with Crippen molar-refractivity contribution in [3.8, 4) is 0 Å². The van der Waals surface area contributed by atoms with E-state index in [0.717, 1.165) is 4.70 Å². The molecule has 0 amide bonds. The van der Waals surface area contributed by atoms with E-state index in [0.29, 0.717) is 22.9 Å². The first-order chi connectivity index (χ1) is 12.8. The third-order valence-electron chi connectivity index (χ3n) is 4.57. The van der Waals surface area contributed by atoms with Gasteiger partial charge in [-0.1, -0.05) is 19.1 Å². The molecule has 1 N–H and O–H groups in total. The Labute approximate surface area is 161 Å². The second kappa shape index (κ2) is 8.19. The summed E-state index contributed by atoms with van der Waals surface area (Å²) in [5.74, 6) is -0.778. The first kappa shape index (κ1) is 20.2. The Bertz CT molecular complexity index is 971. The molecule has 0 spiro atoms. The van der Waals surface area contributed by atoms with Crippen LogP contribution in [0.25, 0.3) is 10.1 Å². The summed E-state index contributed by atoms with van der Waals surface area (Å²) in [4.78, 5) is 10.8. The van der Waals surface area contributed by atoms with Crippen molar-refractivity contribution in [3.05, 3.63) is 70.6 Å². The molecule has 0 aliphatic heterocycles. The summed E-state index contributed by atoms with van der Waals surface area (Å²) in [7, 11) is -4.07. The molecule has 27 heavy (non-hydrogen) atoms. The second-order valence-electron chi connectivity index (χ2n) is 6.57. The SMILES string of the molecule is CCC(C)OP(=O)(O)C(Cc1ccc(F)cc1)c1csc2ccc(F)cc12. The van der Waals surface area contributed by atoms with Gasteiger partial charge in [0.25, 0.3) is 0 Å². The summed E-state index contributed by atoms with van der Waals surface area (Å²) in [6, 6.07) is 10.2. The zero-order chi connectivity index (χ0) is 19.6. The van der Waals surface area contributed by atoms with Crippen molar-refractivity contribution in [3.63, 3.8) is 0 Å². The third kappa shape index (κ3) is 4.64. The Kier molecular flexibility index (Phi) is 6.11. The third-order valence-corrected chi connectivity index (χ3v) is 7.46. The molecule has 3 rings (SSSR count). The Morgan fingerprint density at radius 2 is 1.81 bits per heavy atom. The molecule has 0 aliphatic rings. The van der Waals surface area contributed by atoms with Gasteiger partial charge in [0.1, 0.15) is 11.6 Å². The van der Waals surface area contributed by atoms with E-state index in [9.17, 15) is 18.2 Å². The van der Waals surface area contributed by atoms with Crippen LogP contribution >= 0.6 is 18.9 Å². The molecule has 3 nitrogen and oxygen atoms in total. The quantitative estimate of drug-likeness (QED) is 0.455. The highest BCUT2D eigenvalue weighted by Gasteiger charge is 2.37. The number of thiophene rings is 1. The van der Waals surface area contributed by atoms with Gasteiger partial charge in [-0.05, 0) is 72.0 Å². The molecular formula is C20H21F2O3PS. The van der Waals surface area contributed by atoms with E-state index >= 15 is 0 Å². The summed E-state index contributed by atoms with van der Waals surface area (Å²) in [5, 5.41) is 2.38. The molecular weight excluding hydrogens is 389 g/mol. The van der Waals surface area contributed by atoms with Crippen LogP contribution in [-0.4, -0.2) is 11.0 Å². The van der Waals surface area contributed by atoms with Crippen LogP contribution < -0.4 is 0 Å². The molecule has 3 atom stereocenters.